The number of hydrogen-bond donors (Lipinski definition) is 2. The lowest BCUT2D eigenvalue weighted by Gasteiger charge is -2.31. The van der Waals surface area contributed by atoms with Crippen LogP contribution in [0.2, 0.25) is 0 Å². The third-order valence-electron chi connectivity index (χ3n) is 3.81. The predicted molar refractivity (Wildman–Crippen MR) is 77.3 cm³/mol. The molecule has 0 saturated carbocycles. The van der Waals surface area contributed by atoms with E-state index in [-0.39, 0.29) is 5.92 Å². The molecule has 1 aromatic carbocycles. The molecule has 0 aromatic heterocycles. The van der Waals surface area contributed by atoms with Crippen LogP contribution in [0.4, 0.5) is 0 Å². The largest absolute Gasteiger partial charge is 0.409 e. The van der Waals surface area contributed by atoms with Crippen molar-refractivity contribution >= 4 is 5.84 Å². The molecule has 0 amide bonds. The minimum atomic E-state index is 0.237. The van der Waals surface area contributed by atoms with E-state index < -0.39 is 0 Å². The van der Waals surface area contributed by atoms with Gasteiger partial charge in [-0.05, 0) is 45.3 Å². The van der Waals surface area contributed by atoms with Crippen molar-refractivity contribution in [2.45, 2.75) is 33.2 Å². The standard InChI is InChI=1S/C15H23N3O/c1-11-7-12(2)9-13(8-11)10-18-5-3-14(4-6-18)15(16)17-19/h7-9,14,19H,3-6,10H2,1-2H3,(H2,16,17). The monoisotopic (exact) mass is 261 g/mol. The lowest BCUT2D eigenvalue weighted by atomic mass is 9.95. The number of oxime groups is 1. The zero-order valence-corrected chi connectivity index (χ0v) is 11.8. The number of benzene rings is 1. The van der Waals surface area contributed by atoms with E-state index in [1.165, 1.54) is 16.7 Å². The summed E-state index contributed by atoms with van der Waals surface area (Å²) in [5.74, 6) is 0.617. The molecule has 4 heteroatoms. The third-order valence-corrected chi connectivity index (χ3v) is 3.81. The first-order valence-electron chi connectivity index (χ1n) is 6.85. The molecule has 0 aliphatic carbocycles. The highest BCUT2D eigenvalue weighted by molar-refractivity contribution is 5.82. The van der Waals surface area contributed by atoms with Gasteiger partial charge in [-0.15, -0.1) is 0 Å². The van der Waals surface area contributed by atoms with Crippen molar-refractivity contribution in [2.24, 2.45) is 16.8 Å². The number of aryl methyl sites for hydroxylation is 2. The molecule has 0 bridgehead atoms. The number of hydrogen-bond acceptors (Lipinski definition) is 3. The molecule has 0 radical (unpaired) electrons. The van der Waals surface area contributed by atoms with Gasteiger partial charge >= 0.3 is 0 Å². The fourth-order valence-electron chi connectivity index (χ4n) is 2.89. The molecule has 2 rings (SSSR count). The van der Waals surface area contributed by atoms with Crippen LogP contribution >= 0.6 is 0 Å². The molecule has 4 nitrogen and oxygen atoms in total. The summed E-state index contributed by atoms with van der Waals surface area (Å²) in [6, 6.07) is 6.71. The van der Waals surface area contributed by atoms with Crippen molar-refractivity contribution < 1.29 is 5.21 Å². The summed E-state index contributed by atoms with van der Waals surface area (Å²) in [5, 5.41) is 11.8. The van der Waals surface area contributed by atoms with Gasteiger partial charge in [-0.3, -0.25) is 4.90 Å². The summed E-state index contributed by atoms with van der Waals surface area (Å²) in [4.78, 5) is 2.44. The van der Waals surface area contributed by atoms with Gasteiger partial charge in [-0.2, -0.15) is 0 Å². The average Bonchev–Trinajstić information content (AvgIpc) is 2.37. The summed E-state index contributed by atoms with van der Waals surface area (Å²) >= 11 is 0. The maximum absolute atomic E-state index is 8.70. The summed E-state index contributed by atoms with van der Waals surface area (Å²) in [7, 11) is 0. The molecule has 1 aliphatic heterocycles. The van der Waals surface area contributed by atoms with Gasteiger partial charge in [-0.1, -0.05) is 34.5 Å². The predicted octanol–water partition coefficient (Wildman–Crippen LogP) is 2.26. The first kappa shape index (κ1) is 13.9. The Kier molecular flexibility index (Phi) is 4.43. The lowest BCUT2D eigenvalue weighted by molar-refractivity contribution is 0.198. The van der Waals surface area contributed by atoms with Gasteiger partial charge in [0.15, 0.2) is 0 Å². The lowest BCUT2D eigenvalue weighted by Crippen LogP contribution is -2.38. The molecule has 1 aliphatic rings. The Morgan fingerprint density at radius 2 is 1.84 bits per heavy atom. The summed E-state index contributed by atoms with van der Waals surface area (Å²) in [5.41, 5.74) is 9.68. The zero-order chi connectivity index (χ0) is 13.8. The second kappa shape index (κ2) is 6.06. The van der Waals surface area contributed by atoms with E-state index in [4.69, 9.17) is 10.9 Å². The SMILES string of the molecule is Cc1cc(C)cc(CN2CCC(C(N)=NO)CC2)c1. The zero-order valence-electron chi connectivity index (χ0n) is 11.8. The van der Waals surface area contributed by atoms with Crippen LogP contribution in [-0.4, -0.2) is 29.0 Å². The second-order valence-electron chi connectivity index (χ2n) is 5.57. The Balaban J connectivity index is 1.92. The van der Waals surface area contributed by atoms with Gasteiger partial charge in [0, 0.05) is 12.5 Å². The average molecular weight is 261 g/mol. The van der Waals surface area contributed by atoms with Crippen LogP contribution in [0.5, 0.6) is 0 Å². The Morgan fingerprint density at radius 1 is 1.26 bits per heavy atom. The van der Waals surface area contributed by atoms with Gasteiger partial charge in [-0.25, -0.2) is 0 Å². The highest BCUT2D eigenvalue weighted by Crippen LogP contribution is 2.20. The Morgan fingerprint density at radius 3 is 2.37 bits per heavy atom. The summed E-state index contributed by atoms with van der Waals surface area (Å²) < 4.78 is 0. The minimum absolute atomic E-state index is 0.237. The fraction of sp³-hybridized carbons (Fsp3) is 0.533. The van der Waals surface area contributed by atoms with Gasteiger partial charge in [0.05, 0.1) is 0 Å². The molecule has 0 spiro atoms. The van der Waals surface area contributed by atoms with Crippen molar-refractivity contribution in [2.75, 3.05) is 13.1 Å². The first-order chi connectivity index (χ1) is 9.08. The molecule has 1 fully saturated rings. The Hall–Kier alpha value is -1.55. The van der Waals surface area contributed by atoms with Gasteiger partial charge < -0.3 is 10.9 Å². The van der Waals surface area contributed by atoms with Gasteiger partial charge in [0.2, 0.25) is 0 Å². The molecule has 1 heterocycles. The number of piperidine rings is 1. The normalized spacial score (nSPS) is 18.7. The molecule has 104 valence electrons. The highest BCUT2D eigenvalue weighted by Gasteiger charge is 2.22. The van der Waals surface area contributed by atoms with E-state index in [0.29, 0.717) is 5.84 Å². The highest BCUT2D eigenvalue weighted by atomic mass is 16.4. The van der Waals surface area contributed by atoms with Crippen LogP contribution in [0.25, 0.3) is 0 Å². The number of nitrogens with zero attached hydrogens (tertiary/aromatic N) is 2. The molecular weight excluding hydrogens is 238 g/mol. The van der Waals surface area contributed by atoms with E-state index in [1.807, 2.05) is 0 Å². The van der Waals surface area contributed by atoms with E-state index >= 15 is 0 Å². The smallest absolute Gasteiger partial charge is 0.142 e. The van der Waals surface area contributed by atoms with Crippen molar-refractivity contribution in [1.82, 2.24) is 4.90 Å². The Labute approximate surface area is 114 Å². The molecule has 19 heavy (non-hydrogen) atoms. The van der Waals surface area contributed by atoms with Crippen LogP contribution in [-0.2, 0) is 6.54 Å². The van der Waals surface area contributed by atoms with E-state index in [0.717, 1.165) is 32.5 Å². The third kappa shape index (κ3) is 3.70. The van der Waals surface area contributed by atoms with Gasteiger partial charge in [0.25, 0.3) is 0 Å². The molecule has 1 saturated heterocycles. The maximum atomic E-state index is 8.70. The summed E-state index contributed by atoms with van der Waals surface area (Å²) in [6.07, 6.45) is 1.95. The quantitative estimate of drug-likeness (QED) is 0.380. The van der Waals surface area contributed by atoms with Crippen LogP contribution in [0.3, 0.4) is 0 Å². The number of rotatable bonds is 3. The van der Waals surface area contributed by atoms with Gasteiger partial charge in [0.1, 0.15) is 5.84 Å². The molecule has 3 N–H and O–H groups in total. The van der Waals surface area contributed by atoms with E-state index in [2.05, 4.69) is 42.1 Å². The Bertz CT molecular complexity index is 442. The van der Waals surface area contributed by atoms with Crippen LogP contribution in [0, 0.1) is 19.8 Å². The first-order valence-corrected chi connectivity index (χ1v) is 6.85. The number of amidine groups is 1. The minimum Gasteiger partial charge on any atom is -0.409 e. The van der Waals surface area contributed by atoms with Crippen molar-refractivity contribution in [3.8, 4) is 0 Å². The van der Waals surface area contributed by atoms with Crippen molar-refractivity contribution in [1.29, 1.82) is 0 Å². The fourth-order valence-corrected chi connectivity index (χ4v) is 2.89. The number of nitrogens with two attached hydrogens (primary N) is 1. The number of likely N-dealkylation sites (tertiary alicyclic amines) is 1. The summed E-state index contributed by atoms with van der Waals surface area (Å²) in [6.45, 7) is 7.29. The topological polar surface area (TPSA) is 61.8 Å². The van der Waals surface area contributed by atoms with Crippen molar-refractivity contribution in [3.05, 3.63) is 34.9 Å². The second-order valence-corrected chi connectivity index (χ2v) is 5.57. The maximum Gasteiger partial charge on any atom is 0.142 e. The van der Waals surface area contributed by atoms with Crippen molar-refractivity contribution in [3.63, 3.8) is 0 Å². The molecular formula is C15H23N3O. The van der Waals surface area contributed by atoms with E-state index in [1.54, 1.807) is 0 Å². The van der Waals surface area contributed by atoms with E-state index in [9.17, 15) is 0 Å². The molecule has 1 aromatic rings. The molecule has 0 unspecified atom stereocenters. The van der Waals surface area contributed by atoms with Crippen LogP contribution in [0.15, 0.2) is 23.4 Å². The van der Waals surface area contributed by atoms with Crippen LogP contribution < -0.4 is 5.73 Å². The molecule has 0 atom stereocenters. The van der Waals surface area contributed by atoms with Crippen LogP contribution in [0.1, 0.15) is 29.5 Å².